The first-order chi connectivity index (χ1) is 9.34. The van der Waals surface area contributed by atoms with Crippen molar-refractivity contribution < 1.29 is 9.79 Å². The van der Waals surface area contributed by atoms with Gasteiger partial charge in [0, 0.05) is 17.0 Å². The Morgan fingerprint density at radius 2 is 2.05 bits per heavy atom. The molecule has 4 rings (SSSR count). The summed E-state index contributed by atoms with van der Waals surface area (Å²) in [5.74, 6) is 0.866. The molecule has 6 heteroatoms. The largest absolute Gasteiger partial charge is 0.856 e. The minimum absolute atomic E-state index is 0.186. The summed E-state index contributed by atoms with van der Waals surface area (Å²) >= 11 is 1.72. The summed E-state index contributed by atoms with van der Waals surface area (Å²) in [6.45, 7) is 0.897. The minimum atomic E-state index is -0.186. The zero-order chi connectivity index (χ0) is 12.8. The van der Waals surface area contributed by atoms with E-state index in [0.29, 0.717) is 5.39 Å². The number of aryl methyl sites for hydroxylation is 1. The molecule has 0 N–H and O–H groups in total. The lowest BCUT2D eigenvalue weighted by Gasteiger charge is -2.05. The Balaban J connectivity index is 2.13. The van der Waals surface area contributed by atoms with E-state index in [1.54, 1.807) is 16.3 Å². The molecule has 19 heavy (non-hydrogen) atoms. The third kappa shape index (κ3) is 1.59. The third-order valence-electron chi connectivity index (χ3n) is 3.40. The van der Waals surface area contributed by atoms with Gasteiger partial charge in [-0.05, 0) is 35.8 Å². The van der Waals surface area contributed by atoms with Crippen molar-refractivity contribution in [3.05, 3.63) is 24.3 Å². The predicted octanol–water partition coefficient (Wildman–Crippen LogP) is 1.13. The number of rotatable bonds is 0. The zero-order valence-electron chi connectivity index (χ0n) is 10.2. The maximum absolute atomic E-state index is 12.1. The Hall–Kier alpha value is -1.82. The van der Waals surface area contributed by atoms with E-state index >= 15 is 0 Å². The van der Waals surface area contributed by atoms with Gasteiger partial charge in [0.25, 0.3) is 5.65 Å². The molecule has 0 saturated carbocycles. The van der Waals surface area contributed by atoms with Crippen LogP contribution in [0.3, 0.4) is 0 Å². The molecule has 0 saturated heterocycles. The van der Waals surface area contributed by atoms with Crippen LogP contribution in [0, 0.1) is 0 Å². The van der Waals surface area contributed by atoms with Gasteiger partial charge in [-0.1, -0.05) is 27.8 Å². The lowest BCUT2D eigenvalue weighted by Crippen LogP contribution is -2.37. The number of thioether (sulfide) groups is 1. The summed E-state index contributed by atoms with van der Waals surface area (Å²) < 4.78 is 3.69. The van der Waals surface area contributed by atoms with Crippen LogP contribution in [0.1, 0.15) is 12.8 Å². The maximum Gasteiger partial charge on any atom is 0.366 e. The molecule has 0 bridgehead atoms. The second-order valence-corrected chi connectivity index (χ2v) is 5.71. The van der Waals surface area contributed by atoms with E-state index in [9.17, 15) is 5.11 Å². The summed E-state index contributed by atoms with van der Waals surface area (Å²) in [5, 5.41) is 23.4. The number of fused-ring (bicyclic) bond motifs is 5. The van der Waals surface area contributed by atoms with Crippen LogP contribution in [0.2, 0.25) is 0 Å². The molecule has 0 atom stereocenters. The molecular formula is C13H12N4OS. The Kier molecular flexibility index (Phi) is 2.38. The highest BCUT2D eigenvalue weighted by Crippen LogP contribution is 2.26. The second kappa shape index (κ2) is 4.09. The van der Waals surface area contributed by atoms with Gasteiger partial charge in [-0.3, -0.25) is 0 Å². The molecule has 2 aromatic heterocycles. The fraction of sp³-hybridized carbons (Fsp3) is 0.308. The maximum atomic E-state index is 12.1. The monoisotopic (exact) mass is 272 g/mol. The molecule has 0 amide bonds. The number of aromatic nitrogens is 4. The quantitative estimate of drug-likeness (QED) is 0.576. The first kappa shape index (κ1) is 11.0. The first-order valence-corrected chi connectivity index (χ1v) is 7.34. The van der Waals surface area contributed by atoms with Gasteiger partial charge in [0.2, 0.25) is 0 Å². The number of benzene rings is 1. The first-order valence-electron chi connectivity index (χ1n) is 6.36. The van der Waals surface area contributed by atoms with E-state index in [0.717, 1.165) is 34.9 Å². The van der Waals surface area contributed by atoms with Crippen LogP contribution < -0.4 is 9.79 Å². The molecule has 0 fully saturated rings. The highest BCUT2D eigenvalue weighted by atomic mass is 32.2. The van der Waals surface area contributed by atoms with E-state index in [1.165, 1.54) is 6.42 Å². The molecule has 0 aliphatic carbocycles. The molecule has 1 aliphatic rings. The topological polar surface area (TPSA) is 57.1 Å². The van der Waals surface area contributed by atoms with E-state index < -0.39 is 0 Å². The van der Waals surface area contributed by atoms with Crippen molar-refractivity contribution in [1.82, 2.24) is 14.7 Å². The summed E-state index contributed by atoms with van der Waals surface area (Å²) in [7, 11) is 0. The number of nitrogens with zero attached hydrogens (tertiary/aromatic N) is 4. The van der Waals surface area contributed by atoms with Crippen LogP contribution in [0.5, 0.6) is 5.88 Å². The average Bonchev–Trinajstić information content (AvgIpc) is 2.63. The standard InChI is InChI=1S/C13H12N4OS/c18-12-10-6-2-1-5-9(10)11-14-16-7-3-4-8-19-13(16)17(11)15-12/h1-2,5-6H,3-4,7-8H2. The molecule has 5 nitrogen and oxygen atoms in total. The molecule has 3 heterocycles. The second-order valence-electron chi connectivity index (χ2n) is 4.65. The van der Waals surface area contributed by atoms with Gasteiger partial charge in [-0.25, -0.2) is 0 Å². The molecule has 1 aromatic carbocycles. The summed E-state index contributed by atoms with van der Waals surface area (Å²) in [6, 6.07) is 7.53. The Bertz CT molecular complexity index is 783. The van der Waals surface area contributed by atoms with Gasteiger partial charge in [0.15, 0.2) is 0 Å². The van der Waals surface area contributed by atoms with Crippen molar-refractivity contribution >= 4 is 28.2 Å². The van der Waals surface area contributed by atoms with Crippen molar-refractivity contribution in [2.24, 2.45) is 0 Å². The molecule has 1 aliphatic heterocycles. The van der Waals surface area contributed by atoms with Crippen LogP contribution in [0.25, 0.3) is 16.4 Å². The van der Waals surface area contributed by atoms with Gasteiger partial charge in [0.1, 0.15) is 6.54 Å². The Morgan fingerprint density at radius 1 is 1.21 bits per heavy atom. The minimum Gasteiger partial charge on any atom is -0.856 e. The van der Waals surface area contributed by atoms with Crippen LogP contribution >= 0.6 is 11.8 Å². The zero-order valence-corrected chi connectivity index (χ0v) is 11.1. The summed E-state index contributed by atoms with van der Waals surface area (Å²) in [6.07, 6.45) is 2.30. The van der Waals surface area contributed by atoms with Crippen molar-refractivity contribution in [1.29, 1.82) is 0 Å². The summed E-state index contributed by atoms with van der Waals surface area (Å²) in [5.41, 5.74) is 0.777. The molecular weight excluding hydrogens is 260 g/mol. The number of hydrogen-bond acceptors (Lipinski definition) is 4. The van der Waals surface area contributed by atoms with E-state index in [2.05, 4.69) is 10.2 Å². The fourth-order valence-corrected chi connectivity index (χ4v) is 3.54. The van der Waals surface area contributed by atoms with Crippen molar-refractivity contribution in [2.45, 2.75) is 24.5 Å². The number of hydrogen-bond donors (Lipinski definition) is 0. The van der Waals surface area contributed by atoms with Gasteiger partial charge < -0.3 is 5.11 Å². The predicted molar refractivity (Wildman–Crippen MR) is 70.1 cm³/mol. The van der Waals surface area contributed by atoms with Crippen LogP contribution in [-0.2, 0) is 6.54 Å². The van der Waals surface area contributed by atoms with Crippen LogP contribution in [0.15, 0.2) is 29.4 Å². The highest BCUT2D eigenvalue weighted by molar-refractivity contribution is 7.99. The lowest BCUT2D eigenvalue weighted by atomic mass is 10.2. The fourth-order valence-electron chi connectivity index (χ4n) is 2.48. The van der Waals surface area contributed by atoms with Gasteiger partial charge in [-0.15, -0.1) is 4.68 Å². The van der Waals surface area contributed by atoms with E-state index in [4.69, 9.17) is 0 Å². The van der Waals surface area contributed by atoms with Crippen LogP contribution in [-0.4, -0.2) is 20.5 Å². The van der Waals surface area contributed by atoms with Crippen molar-refractivity contribution in [3.8, 4) is 5.88 Å². The molecule has 3 aromatic rings. The van der Waals surface area contributed by atoms with E-state index in [-0.39, 0.29) is 5.88 Å². The van der Waals surface area contributed by atoms with Crippen molar-refractivity contribution in [3.63, 3.8) is 0 Å². The normalized spacial score (nSPS) is 15.6. The Morgan fingerprint density at radius 3 is 2.95 bits per heavy atom. The van der Waals surface area contributed by atoms with E-state index in [1.807, 2.05) is 28.9 Å². The highest BCUT2D eigenvalue weighted by Gasteiger charge is 2.25. The molecule has 0 spiro atoms. The summed E-state index contributed by atoms with van der Waals surface area (Å²) in [4.78, 5) is 0. The van der Waals surface area contributed by atoms with Gasteiger partial charge >= 0.3 is 5.16 Å². The SMILES string of the molecule is [O-]c1nn2c3[n+](nc2c2ccccc12)CCCCS3. The molecule has 0 radical (unpaired) electrons. The van der Waals surface area contributed by atoms with Gasteiger partial charge in [-0.2, -0.15) is 0 Å². The third-order valence-corrected chi connectivity index (χ3v) is 4.54. The average molecular weight is 272 g/mol. The lowest BCUT2D eigenvalue weighted by molar-refractivity contribution is -0.784. The Labute approximate surface area is 113 Å². The van der Waals surface area contributed by atoms with Crippen LogP contribution in [0.4, 0.5) is 0 Å². The molecule has 96 valence electrons. The molecule has 0 unspecified atom stereocenters. The van der Waals surface area contributed by atoms with Gasteiger partial charge in [0.05, 0.1) is 5.39 Å². The smallest absolute Gasteiger partial charge is 0.366 e. The van der Waals surface area contributed by atoms with Crippen molar-refractivity contribution in [2.75, 3.05) is 5.75 Å².